The van der Waals surface area contributed by atoms with Crippen molar-refractivity contribution in [1.29, 1.82) is 0 Å². The standard InChI is InChI=1S/C36H32BO2S/c1-35(2,38)36(3,4)39-37-30-19-12-20-31-33(30)32-28(25-15-9-6-10-16-25)21-22-29(34(32)40-31)27-18-11-17-26(23-27)24-13-7-5-8-14-24/h5-23,38H,1-4H3. The van der Waals surface area contributed by atoms with Crippen LogP contribution >= 0.6 is 11.3 Å². The molecule has 0 saturated heterocycles. The number of benzene rings is 5. The molecular weight excluding hydrogens is 507 g/mol. The Bertz CT molecular complexity index is 1800. The first-order valence-corrected chi connectivity index (χ1v) is 14.5. The topological polar surface area (TPSA) is 29.5 Å². The van der Waals surface area contributed by atoms with E-state index in [1.165, 1.54) is 53.6 Å². The summed E-state index contributed by atoms with van der Waals surface area (Å²) in [6.45, 7) is 7.40. The lowest BCUT2D eigenvalue weighted by Gasteiger charge is -2.37. The van der Waals surface area contributed by atoms with Crippen molar-refractivity contribution < 1.29 is 9.76 Å². The van der Waals surface area contributed by atoms with Crippen LogP contribution in [-0.2, 0) is 4.65 Å². The SMILES string of the molecule is CC(C)(O)C(C)(C)O[B]c1cccc2sc3c(-c4cccc(-c5ccccc5)c4)ccc(-c4ccccc4)c3c12. The summed E-state index contributed by atoms with van der Waals surface area (Å²) in [7, 11) is 1.82. The normalized spacial score (nSPS) is 12.2. The van der Waals surface area contributed by atoms with E-state index in [9.17, 15) is 5.11 Å². The van der Waals surface area contributed by atoms with Gasteiger partial charge in [0.05, 0.1) is 11.2 Å². The van der Waals surface area contributed by atoms with E-state index in [0.29, 0.717) is 0 Å². The highest BCUT2D eigenvalue weighted by Gasteiger charge is 2.36. The Morgan fingerprint density at radius 3 is 1.90 bits per heavy atom. The molecule has 4 heteroatoms. The van der Waals surface area contributed by atoms with E-state index >= 15 is 0 Å². The molecule has 5 aromatic carbocycles. The maximum Gasteiger partial charge on any atom is 0.331 e. The summed E-state index contributed by atoms with van der Waals surface area (Å²) in [5, 5.41) is 13.1. The van der Waals surface area contributed by atoms with Crippen molar-refractivity contribution >= 4 is 44.5 Å². The second-order valence-corrected chi connectivity index (χ2v) is 12.4. The summed E-state index contributed by atoms with van der Waals surface area (Å²) in [5.41, 5.74) is 6.47. The van der Waals surface area contributed by atoms with Crippen molar-refractivity contribution in [3.63, 3.8) is 0 Å². The molecule has 0 spiro atoms. The minimum absolute atomic E-state index is 0.758. The molecule has 0 bridgehead atoms. The molecule has 0 aliphatic rings. The van der Waals surface area contributed by atoms with Crippen LogP contribution in [0.25, 0.3) is 53.6 Å². The number of hydrogen-bond acceptors (Lipinski definition) is 3. The van der Waals surface area contributed by atoms with Gasteiger partial charge in [0.2, 0.25) is 0 Å². The molecule has 1 heterocycles. The van der Waals surface area contributed by atoms with Crippen molar-refractivity contribution in [2.75, 3.05) is 0 Å². The number of rotatable bonds is 7. The lowest BCUT2D eigenvalue weighted by molar-refractivity contribution is -0.0893. The largest absolute Gasteiger partial charge is 0.427 e. The monoisotopic (exact) mass is 539 g/mol. The van der Waals surface area contributed by atoms with Crippen LogP contribution < -0.4 is 5.46 Å². The van der Waals surface area contributed by atoms with Gasteiger partial charge in [0.25, 0.3) is 0 Å². The van der Waals surface area contributed by atoms with Crippen molar-refractivity contribution in [2.45, 2.75) is 38.9 Å². The van der Waals surface area contributed by atoms with E-state index in [4.69, 9.17) is 4.65 Å². The van der Waals surface area contributed by atoms with Crippen molar-refractivity contribution in [1.82, 2.24) is 0 Å². The zero-order valence-corrected chi connectivity index (χ0v) is 24.1. The van der Waals surface area contributed by atoms with Gasteiger partial charge in [-0.25, -0.2) is 0 Å². The molecule has 2 nitrogen and oxygen atoms in total. The first-order chi connectivity index (χ1) is 19.2. The van der Waals surface area contributed by atoms with Crippen molar-refractivity contribution in [2.24, 2.45) is 0 Å². The predicted molar refractivity (Wildman–Crippen MR) is 172 cm³/mol. The fraction of sp³-hybridized carbons (Fsp3) is 0.167. The van der Waals surface area contributed by atoms with Crippen LogP contribution in [0.5, 0.6) is 0 Å². The number of hydrogen-bond donors (Lipinski definition) is 1. The Kier molecular flexibility index (Phi) is 6.87. The molecule has 0 atom stereocenters. The lowest BCUT2D eigenvalue weighted by atomic mass is 9.80. The Labute approximate surface area is 241 Å². The van der Waals surface area contributed by atoms with Gasteiger partial charge in [-0.2, -0.15) is 0 Å². The smallest absolute Gasteiger partial charge is 0.331 e. The summed E-state index contributed by atoms with van der Waals surface area (Å²) in [4.78, 5) is 0. The molecule has 1 aromatic heterocycles. The highest BCUT2D eigenvalue weighted by Crippen LogP contribution is 2.44. The molecule has 6 rings (SSSR count). The third kappa shape index (κ3) is 4.88. The average Bonchev–Trinajstić information content (AvgIpc) is 3.36. The minimum atomic E-state index is -1.000. The van der Waals surface area contributed by atoms with E-state index in [1.807, 2.05) is 32.7 Å². The first-order valence-electron chi connectivity index (χ1n) is 13.7. The van der Waals surface area contributed by atoms with E-state index in [1.54, 1.807) is 13.8 Å². The summed E-state index contributed by atoms with van der Waals surface area (Å²) < 4.78 is 8.72. The molecule has 1 N–H and O–H groups in total. The fourth-order valence-corrected chi connectivity index (χ4v) is 6.28. The molecule has 0 aliphatic carbocycles. The molecule has 197 valence electrons. The van der Waals surface area contributed by atoms with Gasteiger partial charge in [-0.3, -0.25) is 0 Å². The summed E-state index contributed by atoms with van der Waals surface area (Å²) in [6, 6.07) is 40.8. The van der Waals surface area contributed by atoms with Crippen LogP contribution in [-0.4, -0.2) is 23.8 Å². The van der Waals surface area contributed by atoms with E-state index in [0.717, 1.165) is 5.46 Å². The Hall–Kier alpha value is -3.70. The molecule has 0 saturated carbocycles. The third-order valence-electron chi connectivity index (χ3n) is 8.00. The molecule has 0 fully saturated rings. The lowest BCUT2D eigenvalue weighted by Crippen LogP contribution is -2.49. The van der Waals surface area contributed by atoms with Gasteiger partial charge in [0.15, 0.2) is 0 Å². The number of thiophene rings is 1. The van der Waals surface area contributed by atoms with Crippen molar-refractivity contribution in [3.05, 3.63) is 115 Å². The van der Waals surface area contributed by atoms with E-state index in [2.05, 4.69) is 115 Å². The van der Waals surface area contributed by atoms with Gasteiger partial charge in [-0.05, 0) is 84.1 Å². The molecule has 0 aliphatic heterocycles. The van der Waals surface area contributed by atoms with Gasteiger partial charge in [0.1, 0.15) is 0 Å². The zero-order valence-electron chi connectivity index (χ0n) is 23.3. The maximum absolute atomic E-state index is 10.7. The summed E-state index contributed by atoms with van der Waals surface area (Å²) >= 11 is 1.82. The predicted octanol–water partition coefficient (Wildman–Crippen LogP) is 8.87. The van der Waals surface area contributed by atoms with Crippen LogP contribution in [0.15, 0.2) is 115 Å². The van der Waals surface area contributed by atoms with Gasteiger partial charge in [-0.1, -0.05) is 103 Å². The summed E-state index contributed by atoms with van der Waals surface area (Å²) in [6.07, 6.45) is 0. The molecule has 40 heavy (non-hydrogen) atoms. The van der Waals surface area contributed by atoms with Gasteiger partial charge >= 0.3 is 7.48 Å². The van der Waals surface area contributed by atoms with Crippen LogP contribution in [0, 0.1) is 0 Å². The van der Waals surface area contributed by atoms with Gasteiger partial charge in [0, 0.05) is 14.8 Å². The molecule has 0 amide bonds. The van der Waals surface area contributed by atoms with Crippen LogP contribution in [0.3, 0.4) is 0 Å². The second kappa shape index (κ2) is 10.4. The Morgan fingerprint density at radius 1 is 0.600 bits per heavy atom. The second-order valence-electron chi connectivity index (χ2n) is 11.3. The zero-order chi connectivity index (χ0) is 27.9. The number of aliphatic hydroxyl groups is 1. The third-order valence-corrected chi connectivity index (χ3v) is 9.19. The van der Waals surface area contributed by atoms with Crippen molar-refractivity contribution in [3.8, 4) is 33.4 Å². The Morgan fingerprint density at radius 2 is 1.20 bits per heavy atom. The van der Waals surface area contributed by atoms with Crippen LogP contribution in [0.1, 0.15) is 27.7 Å². The molecule has 1 radical (unpaired) electrons. The quantitative estimate of drug-likeness (QED) is 0.205. The van der Waals surface area contributed by atoms with Gasteiger partial charge in [-0.15, -0.1) is 11.3 Å². The fourth-order valence-electron chi connectivity index (χ4n) is 4.98. The molecular formula is C36H32BO2S. The van der Waals surface area contributed by atoms with Crippen LogP contribution in [0.4, 0.5) is 0 Å². The average molecular weight is 540 g/mol. The van der Waals surface area contributed by atoms with Crippen LogP contribution in [0.2, 0.25) is 0 Å². The number of fused-ring (bicyclic) bond motifs is 3. The Balaban J connectivity index is 1.57. The maximum atomic E-state index is 10.7. The minimum Gasteiger partial charge on any atom is -0.427 e. The van der Waals surface area contributed by atoms with Gasteiger partial charge < -0.3 is 9.76 Å². The van der Waals surface area contributed by atoms with E-state index < -0.39 is 11.2 Å². The summed E-state index contributed by atoms with van der Waals surface area (Å²) in [5.74, 6) is 0. The highest BCUT2D eigenvalue weighted by atomic mass is 32.1. The van der Waals surface area contributed by atoms with E-state index in [-0.39, 0.29) is 0 Å². The molecule has 0 unspecified atom stereocenters. The first kappa shape index (κ1) is 26.5. The molecule has 6 aromatic rings. The highest BCUT2D eigenvalue weighted by molar-refractivity contribution is 7.26.